The number of hydrogen-bond acceptors (Lipinski definition) is 4. The molecule has 1 amide bonds. The van der Waals surface area contributed by atoms with Gasteiger partial charge >= 0.3 is 6.09 Å². The van der Waals surface area contributed by atoms with Crippen molar-refractivity contribution in [2.45, 2.75) is 0 Å². The van der Waals surface area contributed by atoms with E-state index in [1.807, 2.05) is 0 Å². The van der Waals surface area contributed by atoms with E-state index in [1.165, 1.54) is 6.20 Å². The van der Waals surface area contributed by atoms with Crippen molar-refractivity contribution in [3.63, 3.8) is 0 Å². The highest BCUT2D eigenvalue weighted by Gasteiger charge is 2.20. The first kappa shape index (κ1) is 11.7. The summed E-state index contributed by atoms with van der Waals surface area (Å²) < 4.78 is 6.75. The van der Waals surface area contributed by atoms with Gasteiger partial charge in [0.05, 0.1) is 19.4 Å². The van der Waals surface area contributed by atoms with E-state index in [0.717, 1.165) is 4.73 Å². The molecule has 0 bridgehead atoms. The van der Waals surface area contributed by atoms with Crippen molar-refractivity contribution in [1.29, 1.82) is 0 Å². The fourth-order valence-corrected chi connectivity index (χ4v) is 1.90. The number of amides is 1. The largest absolute Gasteiger partial charge is 0.434 e. The Labute approximate surface area is 105 Å². The maximum absolute atomic E-state index is 11.7. The predicted octanol–water partition coefficient (Wildman–Crippen LogP) is 1.18. The Morgan fingerprint density at radius 1 is 1.56 bits per heavy atom. The van der Waals surface area contributed by atoms with Crippen LogP contribution in [-0.4, -0.2) is 47.0 Å². The number of hydrogen-bond donors (Lipinski definition) is 0. The summed E-state index contributed by atoms with van der Waals surface area (Å²) in [7, 11) is 0. The monoisotopic (exact) mass is 309 g/mol. The van der Waals surface area contributed by atoms with Crippen molar-refractivity contribution in [1.82, 2.24) is 14.6 Å². The molecule has 1 aliphatic heterocycles. The number of imidazole rings is 1. The summed E-state index contributed by atoms with van der Waals surface area (Å²) in [5.41, 5.74) is 0. The summed E-state index contributed by atoms with van der Waals surface area (Å²) in [6, 6.07) is 0. The molecule has 6 nitrogen and oxygen atoms in total. The van der Waals surface area contributed by atoms with Gasteiger partial charge in [-0.25, -0.2) is 9.78 Å². The van der Waals surface area contributed by atoms with Crippen LogP contribution < -0.4 is 4.84 Å². The molecule has 1 aromatic heterocycles. The zero-order valence-electron chi connectivity index (χ0n) is 8.23. The third-order valence-electron chi connectivity index (χ3n) is 2.05. The number of rotatable bonds is 1. The number of halogens is 2. The molecular weight excluding hydrogens is 301 g/mol. The van der Waals surface area contributed by atoms with Crippen LogP contribution in [-0.2, 0) is 4.74 Å². The lowest BCUT2D eigenvalue weighted by Gasteiger charge is -2.25. The first-order valence-corrected chi connectivity index (χ1v) is 5.79. The van der Waals surface area contributed by atoms with Crippen molar-refractivity contribution in [2.75, 3.05) is 26.3 Å². The second-order valence-corrected chi connectivity index (χ2v) is 4.27. The average Bonchev–Trinajstić information content (AvgIpc) is 2.59. The van der Waals surface area contributed by atoms with Crippen molar-refractivity contribution in [2.24, 2.45) is 0 Å². The van der Waals surface area contributed by atoms with Crippen molar-refractivity contribution >= 4 is 33.6 Å². The van der Waals surface area contributed by atoms with Gasteiger partial charge < -0.3 is 14.5 Å². The summed E-state index contributed by atoms with van der Waals surface area (Å²) >= 11 is 8.86. The van der Waals surface area contributed by atoms with Gasteiger partial charge in [0.25, 0.3) is 0 Å². The number of ether oxygens (including phenoxy) is 1. The van der Waals surface area contributed by atoms with Gasteiger partial charge in [-0.05, 0) is 27.5 Å². The van der Waals surface area contributed by atoms with Crippen LogP contribution in [0, 0.1) is 0 Å². The Hall–Kier alpha value is -0.790. The predicted molar refractivity (Wildman–Crippen MR) is 59.3 cm³/mol. The molecule has 0 aliphatic carbocycles. The van der Waals surface area contributed by atoms with Gasteiger partial charge in [-0.3, -0.25) is 0 Å². The van der Waals surface area contributed by atoms with E-state index in [2.05, 4.69) is 20.9 Å². The van der Waals surface area contributed by atoms with Gasteiger partial charge in [-0.15, -0.1) is 4.73 Å². The highest BCUT2D eigenvalue weighted by molar-refractivity contribution is 9.10. The van der Waals surface area contributed by atoms with Crippen LogP contribution in [0.15, 0.2) is 10.8 Å². The molecule has 0 unspecified atom stereocenters. The van der Waals surface area contributed by atoms with Crippen LogP contribution in [0.2, 0.25) is 5.28 Å². The van der Waals surface area contributed by atoms with Crippen LogP contribution in [0.1, 0.15) is 0 Å². The molecule has 0 N–H and O–H groups in total. The molecule has 0 atom stereocenters. The lowest BCUT2D eigenvalue weighted by Crippen LogP contribution is -2.44. The number of carbonyl (C=O) groups excluding carboxylic acids is 1. The molecule has 1 fully saturated rings. The molecule has 1 aromatic rings. The van der Waals surface area contributed by atoms with Gasteiger partial charge in [-0.1, -0.05) is 0 Å². The molecule has 8 heteroatoms. The molecule has 2 rings (SSSR count). The van der Waals surface area contributed by atoms with Crippen LogP contribution in [0.5, 0.6) is 0 Å². The Balaban J connectivity index is 1.98. The highest BCUT2D eigenvalue weighted by atomic mass is 79.9. The van der Waals surface area contributed by atoms with Crippen LogP contribution in [0.4, 0.5) is 4.79 Å². The van der Waals surface area contributed by atoms with Crippen molar-refractivity contribution in [3.05, 3.63) is 16.1 Å². The summed E-state index contributed by atoms with van der Waals surface area (Å²) in [5.74, 6) is 0. The maximum atomic E-state index is 11.7. The Kier molecular flexibility index (Phi) is 3.67. The second-order valence-electron chi connectivity index (χ2n) is 3.12. The minimum absolute atomic E-state index is 0.0912. The molecule has 2 heterocycles. The average molecular weight is 311 g/mol. The number of aromatic nitrogens is 2. The SMILES string of the molecule is O=C(On1cc(Br)nc1Cl)N1CCOCC1. The number of nitrogens with zero attached hydrogens (tertiary/aromatic N) is 3. The van der Waals surface area contributed by atoms with Gasteiger partial charge in [0, 0.05) is 13.1 Å². The topological polar surface area (TPSA) is 56.6 Å². The van der Waals surface area contributed by atoms with Gasteiger partial charge in [0.1, 0.15) is 4.60 Å². The molecular formula is C8H9BrClN3O3. The van der Waals surface area contributed by atoms with Crippen LogP contribution in [0.25, 0.3) is 0 Å². The minimum atomic E-state index is -0.463. The normalized spacial score (nSPS) is 16.2. The maximum Gasteiger partial charge on any atom is 0.434 e. The highest BCUT2D eigenvalue weighted by Crippen LogP contribution is 2.13. The van der Waals surface area contributed by atoms with E-state index < -0.39 is 6.09 Å². The van der Waals surface area contributed by atoms with E-state index in [-0.39, 0.29) is 5.28 Å². The van der Waals surface area contributed by atoms with Crippen LogP contribution >= 0.6 is 27.5 Å². The summed E-state index contributed by atoms with van der Waals surface area (Å²) in [5, 5.41) is 0.0912. The summed E-state index contributed by atoms with van der Waals surface area (Å²) in [6.45, 7) is 2.09. The first-order chi connectivity index (χ1) is 7.66. The summed E-state index contributed by atoms with van der Waals surface area (Å²) in [6.07, 6.45) is 1.01. The lowest BCUT2D eigenvalue weighted by molar-refractivity contribution is 0.0244. The quantitative estimate of drug-likeness (QED) is 0.781. The molecule has 1 aliphatic rings. The van der Waals surface area contributed by atoms with E-state index in [9.17, 15) is 4.79 Å². The zero-order valence-corrected chi connectivity index (χ0v) is 10.6. The number of morpholine rings is 1. The molecule has 0 spiro atoms. The minimum Gasteiger partial charge on any atom is -0.378 e. The fraction of sp³-hybridized carbons (Fsp3) is 0.500. The molecule has 1 saturated heterocycles. The molecule has 0 saturated carbocycles. The molecule has 88 valence electrons. The first-order valence-electron chi connectivity index (χ1n) is 4.62. The van der Waals surface area contributed by atoms with Crippen molar-refractivity contribution in [3.8, 4) is 0 Å². The number of carbonyl (C=O) groups is 1. The van der Waals surface area contributed by atoms with E-state index in [1.54, 1.807) is 4.90 Å². The third-order valence-corrected chi connectivity index (χ3v) is 2.68. The molecule has 0 radical (unpaired) electrons. The third kappa shape index (κ3) is 2.66. The smallest absolute Gasteiger partial charge is 0.378 e. The Morgan fingerprint density at radius 2 is 2.25 bits per heavy atom. The second kappa shape index (κ2) is 5.03. The fourth-order valence-electron chi connectivity index (χ4n) is 1.27. The van der Waals surface area contributed by atoms with Gasteiger partial charge in [0.15, 0.2) is 0 Å². The van der Waals surface area contributed by atoms with Crippen molar-refractivity contribution < 1.29 is 14.4 Å². The molecule has 16 heavy (non-hydrogen) atoms. The van der Waals surface area contributed by atoms with E-state index in [0.29, 0.717) is 30.9 Å². The van der Waals surface area contributed by atoms with E-state index >= 15 is 0 Å². The van der Waals surface area contributed by atoms with E-state index in [4.69, 9.17) is 21.2 Å². The van der Waals surface area contributed by atoms with Gasteiger partial charge in [0.2, 0.25) is 5.28 Å². The van der Waals surface area contributed by atoms with Gasteiger partial charge in [-0.2, -0.15) is 0 Å². The lowest BCUT2D eigenvalue weighted by atomic mass is 10.5. The summed E-state index contributed by atoms with van der Waals surface area (Å²) in [4.78, 5) is 22.1. The zero-order chi connectivity index (χ0) is 11.5. The Morgan fingerprint density at radius 3 is 2.81 bits per heavy atom. The Bertz CT molecular complexity index is 392. The standard InChI is InChI=1S/C8H9BrClN3O3/c9-6-5-13(7(10)11-6)16-8(14)12-1-3-15-4-2-12/h5H,1-4H2. The van der Waals surface area contributed by atoms with Crippen LogP contribution in [0.3, 0.4) is 0 Å². The molecule has 0 aromatic carbocycles.